The van der Waals surface area contributed by atoms with Crippen molar-refractivity contribution in [2.24, 2.45) is 5.73 Å². The van der Waals surface area contributed by atoms with Crippen LogP contribution in [0.3, 0.4) is 0 Å². The fraction of sp³-hybridized carbons (Fsp3) is 0.458. The summed E-state index contributed by atoms with van der Waals surface area (Å²) in [5.74, 6) is -0.622. The van der Waals surface area contributed by atoms with Gasteiger partial charge in [0, 0.05) is 24.7 Å². The van der Waals surface area contributed by atoms with Crippen molar-refractivity contribution in [1.82, 2.24) is 0 Å². The lowest BCUT2D eigenvalue weighted by Gasteiger charge is -2.34. The van der Waals surface area contributed by atoms with Crippen LogP contribution in [0.1, 0.15) is 67.6 Å². The quantitative estimate of drug-likeness (QED) is 0.717. The molecule has 1 aliphatic rings. The highest BCUT2D eigenvalue weighted by atomic mass is 16.3. The predicted molar refractivity (Wildman–Crippen MR) is 114 cm³/mol. The summed E-state index contributed by atoms with van der Waals surface area (Å²) in [6.07, 6.45) is 5.61. The van der Waals surface area contributed by atoms with Crippen LogP contribution >= 0.6 is 0 Å². The number of carbonyl (C=O) groups is 1. The molecule has 3 rings (SSSR count). The molecule has 150 valence electrons. The smallest absolute Gasteiger partial charge is 0.225 e. The number of rotatable bonds is 8. The number of aliphatic hydroxyl groups is 1. The molecule has 2 atom stereocenters. The number of amides is 1. The van der Waals surface area contributed by atoms with Crippen molar-refractivity contribution in [3.8, 4) is 0 Å². The molecule has 1 amide bonds. The normalized spacial score (nSPS) is 16.6. The van der Waals surface area contributed by atoms with Gasteiger partial charge >= 0.3 is 0 Å². The second-order valence-electron chi connectivity index (χ2n) is 7.78. The van der Waals surface area contributed by atoms with Gasteiger partial charge in [0.1, 0.15) is 0 Å². The van der Waals surface area contributed by atoms with Crippen molar-refractivity contribution in [2.45, 2.75) is 57.5 Å². The van der Waals surface area contributed by atoms with Crippen molar-refractivity contribution in [3.63, 3.8) is 0 Å². The van der Waals surface area contributed by atoms with E-state index >= 15 is 0 Å². The highest BCUT2D eigenvalue weighted by Crippen LogP contribution is 2.41. The Morgan fingerprint density at radius 2 is 1.75 bits per heavy atom. The zero-order valence-corrected chi connectivity index (χ0v) is 16.8. The first-order chi connectivity index (χ1) is 13.7. The number of para-hydroxylation sites is 1. The van der Waals surface area contributed by atoms with E-state index in [1.807, 2.05) is 24.3 Å². The van der Waals surface area contributed by atoms with Gasteiger partial charge in [-0.3, -0.25) is 4.79 Å². The highest BCUT2D eigenvalue weighted by Gasteiger charge is 2.31. The van der Waals surface area contributed by atoms with Gasteiger partial charge < -0.3 is 15.7 Å². The number of carbonyl (C=O) groups excluding carboxylic acids is 1. The summed E-state index contributed by atoms with van der Waals surface area (Å²) in [4.78, 5) is 15.1. The molecule has 0 aliphatic carbocycles. The van der Waals surface area contributed by atoms with Crippen molar-refractivity contribution in [3.05, 3.63) is 65.2 Å². The molecule has 2 unspecified atom stereocenters. The molecule has 4 nitrogen and oxygen atoms in total. The summed E-state index contributed by atoms with van der Waals surface area (Å²) in [5.41, 5.74) is 10.2. The second kappa shape index (κ2) is 9.74. The van der Waals surface area contributed by atoms with Crippen LogP contribution in [0.4, 0.5) is 5.69 Å². The summed E-state index contributed by atoms with van der Waals surface area (Å²) in [6, 6.07) is 16.2. The minimum atomic E-state index is -0.376. The number of benzene rings is 2. The lowest BCUT2D eigenvalue weighted by Crippen LogP contribution is -2.32. The molecule has 4 heteroatoms. The highest BCUT2D eigenvalue weighted by molar-refractivity contribution is 5.83. The van der Waals surface area contributed by atoms with E-state index in [1.54, 1.807) is 0 Å². The zero-order valence-electron chi connectivity index (χ0n) is 16.8. The third kappa shape index (κ3) is 4.56. The van der Waals surface area contributed by atoms with Gasteiger partial charge in [0.25, 0.3) is 0 Å². The Kier molecular flexibility index (Phi) is 7.10. The van der Waals surface area contributed by atoms with E-state index in [1.165, 1.54) is 30.5 Å². The van der Waals surface area contributed by atoms with Gasteiger partial charge in [-0.2, -0.15) is 0 Å². The largest absolute Gasteiger partial charge is 0.392 e. The Labute approximate surface area is 168 Å². The maximum Gasteiger partial charge on any atom is 0.225 e. The molecule has 0 spiro atoms. The molecular weight excluding hydrogens is 348 g/mol. The first-order valence-electron chi connectivity index (χ1n) is 10.5. The van der Waals surface area contributed by atoms with E-state index in [9.17, 15) is 9.90 Å². The Hall–Kier alpha value is -2.33. The third-order valence-corrected chi connectivity index (χ3v) is 5.86. The SMILES string of the molecule is CCCC(c1ccccc1N1CCCCC1)C(C(N)=O)c1ccc(CO)cc1. The second-order valence-corrected chi connectivity index (χ2v) is 7.78. The minimum absolute atomic E-state index is 0.00228. The predicted octanol–water partition coefficient (Wildman–Crippen LogP) is 4.32. The van der Waals surface area contributed by atoms with Gasteiger partial charge in [-0.15, -0.1) is 0 Å². The van der Waals surface area contributed by atoms with E-state index in [4.69, 9.17) is 5.73 Å². The van der Waals surface area contributed by atoms with Gasteiger partial charge in [-0.25, -0.2) is 0 Å². The average Bonchev–Trinajstić information content (AvgIpc) is 2.74. The Balaban J connectivity index is 2.02. The third-order valence-electron chi connectivity index (χ3n) is 5.86. The average molecular weight is 381 g/mol. The molecule has 1 heterocycles. The van der Waals surface area contributed by atoms with Crippen LogP contribution in [0.15, 0.2) is 48.5 Å². The van der Waals surface area contributed by atoms with Crippen LogP contribution in [-0.4, -0.2) is 24.1 Å². The van der Waals surface area contributed by atoms with Crippen LogP contribution in [0.5, 0.6) is 0 Å². The van der Waals surface area contributed by atoms with Gasteiger partial charge in [0.15, 0.2) is 0 Å². The maximum absolute atomic E-state index is 12.6. The van der Waals surface area contributed by atoms with E-state index in [-0.39, 0.29) is 24.3 Å². The number of nitrogens with zero attached hydrogens (tertiary/aromatic N) is 1. The number of primary amides is 1. The van der Waals surface area contributed by atoms with E-state index in [0.717, 1.165) is 37.1 Å². The summed E-state index contributed by atoms with van der Waals surface area (Å²) in [5, 5.41) is 9.33. The molecule has 0 aromatic heterocycles. The van der Waals surface area contributed by atoms with Crippen LogP contribution < -0.4 is 10.6 Å². The molecule has 0 bridgehead atoms. The van der Waals surface area contributed by atoms with Gasteiger partial charge in [-0.1, -0.05) is 55.8 Å². The van der Waals surface area contributed by atoms with Gasteiger partial charge in [0.05, 0.1) is 12.5 Å². The molecule has 1 fully saturated rings. The zero-order chi connectivity index (χ0) is 19.9. The van der Waals surface area contributed by atoms with E-state index in [0.29, 0.717) is 0 Å². The van der Waals surface area contributed by atoms with Crippen molar-refractivity contribution in [2.75, 3.05) is 18.0 Å². The van der Waals surface area contributed by atoms with Crippen LogP contribution in [0.2, 0.25) is 0 Å². The summed E-state index contributed by atoms with van der Waals surface area (Å²) < 4.78 is 0. The molecule has 1 aliphatic heterocycles. The van der Waals surface area contributed by atoms with Crippen molar-refractivity contribution in [1.29, 1.82) is 0 Å². The Bertz CT molecular complexity index is 766. The number of nitrogens with two attached hydrogens (primary N) is 1. The fourth-order valence-electron chi connectivity index (χ4n) is 4.46. The molecule has 2 aromatic rings. The summed E-state index contributed by atoms with van der Waals surface area (Å²) >= 11 is 0. The molecule has 3 N–H and O–H groups in total. The lowest BCUT2D eigenvalue weighted by atomic mass is 9.77. The molecule has 0 radical (unpaired) electrons. The van der Waals surface area contributed by atoms with Crippen LogP contribution in [0.25, 0.3) is 0 Å². The van der Waals surface area contributed by atoms with E-state index in [2.05, 4.69) is 36.1 Å². The molecule has 0 saturated carbocycles. The number of hydrogen-bond acceptors (Lipinski definition) is 3. The topological polar surface area (TPSA) is 66.6 Å². The van der Waals surface area contributed by atoms with Gasteiger partial charge in [-0.05, 0) is 48.4 Å². The standard InChI is InChI=1S/C24H32N2O2/c1-2-8-21(23(24(25)28)19-13-11-18(17-27)12-14-19)20-9-4-5-10-22(20)26-15-6-3-7-16-26/h4-5,9-14,21,23,27H,2-3,6-8,15-17H2,1H3,(H2,25,28). The minimum Gasteiger partial charge on any atom is -0.392 e. The first-order valence-corrected chi connectivity index (χ1v) is 10.5. The monoisotopic (exact) mass is 380 g/mol. The van der Waals surface area contributed by atoms with E-state index < -0.39 is 0 Å². The fourth-order valence-corrected chi connectivity index (χ4v) is 4.46. The Morgan fingerprint density at radius 1 is 1.07 bits per heavy atom. The molecule has 1 saturated heterocycles. The summed E-state index contributed by atoms with van der Waals surface area (Å²) in [6.45, 7) is 4.30. The lowest BCUT2D eigenvalue weighted by molar-refractivity contribution is -0.120. The van der Waals surface area contributed by atoms with Crippen molar-refractivity contribution < 1.29 is 9.90 Å². The first kappa shape index (κ1) is 20.4. The molecular formula is C24H32N2O2. The van der Waals surface area contributed by atoms with Crippen molar-refractivity contribution >= 4 is 11.6 Å². The summed E-state index contributed by atoms with van der Waals surface area (Å²) in [7, 11) is 0. The van der Waals surface area contributed by atoms with Gasteiger partial charge in [0.2, 0.25) is 5.91 Å². The maximum atomic E-state index is 12.6. The van der Waals surface area contributed by atoms with Crippen LogP contribution in [-0.2, 0) is 11.4 Å². The number of anilines is 1. The van der Waals surface area contributed by atoms with Crippen LogP contribution in [0, 0.1) is 0 Å². The molecule has 2 aromatic carbocycles. The molecule has 28 heavy (non-hydrogen) atoms. The Morgan fingerprint density at radius 3 is 2.36 bits per heavy atom. The number of aliphatic hydroxyl groups excluding tert-OH is 1. The number of piperidine rings is 1. The number of hydrogen-bond donors (Lipinski definition) is 2.